The molecule has 0 amide bonds. The van der Waals surface area contributed by atoms with E-state index in [0.29, 0.717) is 5.75 Å². The van der Waals surface area contributed by atoms with Crippen LogP contribution in [-0.4, -0.2) is 24.2 Å². The molecule has 0 aromatic heterocycles. The van der Waals surface area contributed by atoms with E-state index in [4.69, 9.17) is 5.73 Å². The van der Waals surface area contributed by atoms with E-state index in [0.717, 1.165) is 37.2 Å². The largest absolute Gasteiger partial charge is 0.508 e. The van der Waals surface area contributed by atoms with Crippen LogP contribution < -0.4 is 10.6 Å². The third kappa shape index (κ3) is 3.93. The van der Waals surface area contributed by atoms with Crippen LogP contribution in [0.1, 0.15) is 32.8 Å². The minimum absolute atomic E-state index is 0.178. The second kappa shape index (κ2) is 6.50. The normalized spacial score (nSPS) is 12.5. The van der Waals surface area contributed by atoms with Crippen LogP contribution in [0.2, 0.25) is 0 Å². The molecule has 3 N–H and O–H groups in total. The molecule has 3 heteroatoms. The molecule has 0 spiro atoms. The summed E-state index contributed by atoms with van der Waals surface area (Å²) < 4.78 is 0. The van der Waals surface area contributed by atoms with Crippen LogP contribution >= 0.6 is 0 Å². The minimum Gasteiger partial charge on any atom is -0.508 e. The lowest BCUT2D eigenvalue weighted by atomic mass is 10.0. The third-order valence-electron chi connectivity index (χ3n) is 3.07. The van der Waals surface area contributed by atoms with Crippen molar-refractivity contribution in [2.45, 2.75) is 39.7 Å². The predicted molar refractivity (Wildman–Crippen MR) is 73.6 cm³/mol. The summed E-state index contributed by atoms with van der Waals surface area (Å²) in [5.74, 6) is 0.384. The van der Waals surface area contributed by atoms with Crippen LogP contribution in [0.4, 0.5) is 5.69 Å². The van der Waals surface area contributed by atoms with E-state index in [-0.39, 0.29) is 6.04 Å². The monoisotopic (exact) mass is 236 g/mol. The zero-order chi connectivity index (χ0) is 12.8. The summed E-state index contributed by atoms with van der Waals surface area (Å²) in [6.45, 7) is 8.13. The standard InChI is InChI=1S/C14H24N2O/c1-4-16(5-2)13-9-8-12(14(17)10-13)7-6-11(3)15/h8-11,17H,4-7,15H2,1-3H3/t11-/m0/s1. The summed E-state index contributed by atoms with van der Waals surface area (Å²) in [4.78, 5) is 2.22. The number of anilines is 1. The first-order chi connectivity index (χ1) is 8.08. The number of benzene rings is 1. The highest BCUT2D eigenvalue weighted by Crippen LogP contribution is 2.25. The minimum atomic E-state index is 0.178. The van der Waals surface area contributed by atoms with Gasteiger partial charge in [0.2, 0.25) is 0 Å². The van der Waals surface area contributed by atoms with Gasteiger partial charge < -0.3 is 15.7 Å². The summed E-state index contributed by atoms with van der Waals surface area (Å²) in [5.41, 5.74) is 7.79. The van der Waals surface area contributed by atoms with Crippen molar-refractivity contribution in [3.63, 3.8) is 0 Å². The molecule has 0 fully saturated rings. The molecule has 0 aliphatic rings. The first-order valence-electron chi connectivity index (χ1n) is 6.40. The number of rotatable bonds is 6. The Morgan fingerprint density at radius 1 is 1.29 bits per heavy atom. The van der Waals surface area contributed by atoms with Crippen molar-refractivity contribution in [3.05, 3.63) is 23.8 Å². The number of hydrogen-bond donors (Lipinski definition) is 2. The van der Waals surface area contributed by atoms with Gasteiger partial charge in [0.1, 0.15) is 5.75 Å². The fraction of sp³-hybridized carbons (Fsp3) is 0.571. The molecule has 0 aliphatic carbocycles. The van der Waals surface area contributed by atoms with E-state index in [1.54, 1.807) is 0 Å². The van der Waals surface area contributed by atoms with Crippen LogP contribution in [0.5, 0.6) is 5.75 Å². The second-order valence-electron chi connectivity index (χ2n) is 4.50. The number of aryl methyl sites for hydroxylation is 1. The van der Waals surface area contributed by atoms with Gasteiger partial charge >= 0.3 is 0 Å². The van der Waals surface area contributed by atoms with E-state index in [2.05, 4.69) is 24.8 Å². The Kier molecular flexibility index (Phi) is 5.29. The van der Waals surface area contributed by atoms with Crippen LogP contribution in [0.15, 0.2) is 18.2 Å². The van der Waals surface area contributed by atoms with E-state index < -0.39 is 0 Å². The van der Waals surface area contributed by atoms with E-state index >= 15 is 0 Å². The average Bonchev–Trinajstić information content (AvgIpc) is 2.29. The Balaban J connectivity index is 2.78. The highest BCUT2D eigenvalue weighted by atomic mass is 16.3. The molecule has 0 unspecified atom stereocenters. The van der Waals surface area contributed by atoms with Gasteiger partial charge in [-0.1, -0.05) is 6.07 Å². The average molecular weight is 236 g/mol. The Morgan fingerprint density at radius 3 is 2.41 bits per heavy atom. The molecule has 0 bridgehead atoms. The zero-order valence-corrected chi connectivity index (χ0v) is 11.1. The topological polar surface area (TPSA) is 49.5 Å². The van der Waals surface area contributed by atoms with Gasteiger partial charge in [-0.15, -0.1) is 0 Å². The lowest BCUT2D eigenvalue weighted by Gasteiger charge is -2.21. The highest BCUT2D eigenvalue weighted by molar-refractivity contribution is 5.53. The SMILES string of the molecule is CCN(CC)c1ccc(CC[C@H](C)N)c(O)c1. The first-order valence-corrected chi connectivity index (χ1v) is 6.40. The smallest absolute Gasteiger partial charge is 0.120 e. The van der Waals surface area contributed by atoms with Crippen molar-refractivity contribution in [2.24, 2.45) is 5.73 Å². The maximum absolute atomic E-state index is 9.98. The summed E-state index contributed by atoms with van der Waals surface area (Å²) in [6, 6.07) is 6.11. The van der Waals surface area contributed by atoms with Crippen molar-refractivity contribution < 1.29 is 5.11 Å². The van der Waals surface area contributed by atoms with E-state index in [1.807, 2.05) is 19.1 Å². The molecule has 1 atom stereocenters. The van der Waals surface area contributed by atoms with E-state index in [9.17, 15) is 5.11 Å². The molecule has 0 heterocycles. The van der Waals surface area contributed by atoms with Gasteiger partial charge in [0.05, 0.1) is 0 Å². The van der Waals surface area contributed by atoms with Gasteiger partial charge in [0.25, 0.3) is 0 Å². The lowest BCUT2D eigenvalue weighted by Crippen LogP contribution is -2.21. The summed E-state index contributed by atoms with van der Waals surface area (Å²) in [7, 11) is 0. The second-order valence-corrected chi connectivity index (χ2v) is 4.50. The van der Waals surface area contributed by atoms with Gasteiger partial charge in [-0.3, -0.25) is 0 Å². The Morgan fingerprint density at radius 2 is 1.94 bits per heavy atom. The molecule has 1 aromatic rings. The molecule has 0 saturated carbocycles. The van der Waals surface area contributed by atoms with Gasteiger partial charge in [-0.2, -0.15) is 0 Å². The van der Waals surface area contributed by atoms with Gasteiger partial charge in [-0.05, 0) is 45.2 Å². The van der Waals surface area contributed by atoms with Crippen LogP contribution in [0.3, 0.4) is 0 Å². The van der Waals surface area contributed by atoms with Crippen molar-refractivity contribution >= 4 is 5.69 Å². The molecular formula is C14H24N2O. The fourth-order valence-electron chi connectivity index (χ4n) is 1.93. The number of phenols is 1. The van der Waals surface area contributed by atoms with Gasteiger partial charge in [0, 0.05) is 30.9 Å². The molecular weight excluding hydrogens is 212 g/mol. The van der Waals surface area contributed by atoms with Crippen molar-refractivity contribution in [1.29, 1.82) is 0 Å². The lowest BCUT2D eigenvalue weighted by molar-refractivity contribution is 0.465. The highest BCUT2D eigenvalue weighted by Gasteiger charge is 2.07. The molecule has 1 aromatic carbocycles. The van der Waals surface area contributed by atoms with Crippen LogP contribution in [0.25, 0.3) is 0 Å². The van der Waals surface area contributed by atoms with Crippen LogP contribution in [0, 0.1) is 0 Å². The number of hydrogen-bond acceptors (Lipinski definition) is 3. The predicted octanol–water partition coefficient (Wildman–Crippen LogP) is 2.52. The number of nitrogens with two attached hydrogens (primary N) is 1. The van der Waals surface area contributed by atoms with Crippen LogP contribution in [-0.2, 0) is 6.42 Å². The maximum Gasteiger partial charge on any atom is 0.120 e. The number of phenolic OH excluding ortho intramolecular Hbond substituents is 1. The van der Waals surface area contributed by atoms with Gasteiger partial charge in [-0.25, -0.2) is 0 Å². The molecule has 17 heavy (non-hydrogen) atoms. The summed E-state index contributed by atoms with van der Waals surface area (Å²) in [6.07, 6.45) is 1.74. The van der Waals surface area contributed by atoms with Crippen molar-refractivity contribution in [3.8, 4) is 5.75 Å². The molecule has 0 saturated heterocycles. The van der Waals surface area contributed by atoms with E-state index in [1.165, 1.54) is 0 Å². The molecule has 96 valence electrons. The zero-order valence-electron chi connectivity index (χ0n) is 11.1. The summed E-state index contributed by atoms with van der Waals surface area (Å²) >= 11 is 0. The third-order valence-corrected chi connectivity index (χ3v) is 3.07. The Bertz CT molecular complexity index is 346. The summed E-state index contributed by atoms with van der Waals surface area (Å²) in [5, 5.41) is 9.98. The number of aromatic hydroxyl groups is 1. The molecule has 3 nitrogen and oxygen atoms in total. The molecule has 0 radical (unpaired) electrons. The number of nitrogens with zero attached hydrogens (tertiary/aromatic N) is 1. The van der Waals surface area contributed by atoms with Crippen molar-refractivity contribution in [1.82, 2.24) is 0 Å². The first kappa shape index (κ1) is 13.8. The van der Waals surface area contributed by atoms with Gasteiger partial charge in [0.15, 0.2) is 0 Å². The Hall–Kier alpha value is -1.22. The quantitative estimate of drug-likeness (QED) is 0.798. The molecule has 0 aliphatic heterocycles. The van der Waals surface area contributed by atoms with Crippen molar-refractivity contribution in [2.75, 3.05) is 18.0 Å². The Labute approximate surface area is 104 Å². The fourth-order valence-corrected chi connectivity index (χ4v) is 1.93. The molecule has 1 rings (SSSR count). The maximum atomic E-state index is 9.98.